The fourth-order valence-corrected chi connectivity index (χ4v) is 3.14. The maximum atomic E-state index is 12.5. The maximum Gasteiger partial charge on any atom is 0.254 e. The molecule has 0 bridgehead atoms. The molecule has 6 nitrogen and oxygen atoms in total. The van der Waals surface area contributed by atoms with E-state index in [4.69, 9.17) is 4.74 Å². The average Bonchev–Trinajstić information content (AvgIpc) is 2.59. The number of ether oxygens (including phenoxy) is 1. The van der Waals surface area contributed by atoms with Crippen molar-refractivity contribution in [2.24, 2.45) is 0 Å². The highest BCUT2D eigenvalue weighted by atomic mass is 16.5. The topological polar surface area (TPSA) is 75.3 Å². The molecule has 1 aliphatic rings. The number of aryl methyl sites for hydroxylation is 2. The van der Waals surface area contributed by atoms with Gasteiger partial charge in [-0.15, -0.1) is 0 Å². The molecule has 0 saturated carbocycles. The summed E-state index contributed by atoms with van der Waals surface area (Å²) in [5.41, 5.74) is 0.857. The van der Waals surface area contributed by atoms with Crippen molar-refractivity contribution in [1.29, 1.82) is 0 Å². The van der Waals surface area contributed by atoms with Crippen molar-refractivity contribution in [3.63, 3.8) is 0 Å². The molecule has 0 spiro atoms. The molecule has 6 heteroatoms. The van der Waals surface area contributed by atoms with E-state index in [9.17, 15) is 9.59 Å². The minimum absolute atomic E-state index is 0.0302. The highest BCUT2D eigenvalue weighted by molar-refractivity contribution is 5.79. The van der Waals surface area contributed by atoms with Gasteiger partial charge in [-0.25, -0.2) is 4.98 Å². The van der Waals surface area contributed by atoms with E-state index in [0.29, 0.717) is 30.2 Å². The second-order valence-electron chi connectivity index (χ2n) is 6.40. The number of carbonyl (C=O) groups excluding carboxylic acids is 1. The lowest BCUT2D eigenvalue weighted by Gasteiger charge is -2.32. The average molecular weight is 341 g/mol. The monoisotopic (exact) mass is 341 g/mol. The van der Waals surface area contributed by atoms with Gasteiger partial charge in [-0.1, -0.05) is 18.2 Å². The van der Waals surface area contributed by atoms with Crippen LogP contribution < -0.4 is 10.3 Å². The quantitative estimate of drug-likeness (QED) is 0.923. The number of aromatic amines is 1. The van der Waals surface area contributed by atoms with Crippen LogP contribution in [0, 0.1) is 13.8 Å². The summed E-state index contributed by atoms with van der Waals surface area (Å²) < 4.78 is 5.95. The number of H-pyrrole nitrogens is 1. The second-order valence-corrected chi connectivity index (χ2v) is 6.40. The maximum absolute atomic E-state index is 12.5. The minimum Gasteiger partial charge on any atom is -0.490 e. The molecule has 2 aromatic rings. The Morgan fingerprint density at radius 1 is 1.24 bits per heavy atom. The van der Waals surface area contributed by atoms with Gasteiger partial charge in [0.25, 0.3) is 5.56 Å². The molecule has 25 heavy (non-hydrogen) atoms. The van der Waals surface area contributed by atoms with Gasteiger partial charge in [0, 0.05) is 37.2 Å². The second kappa shape index (κ2) is 7.51. The van der Waals surface area contributed by atoms with Gasteiger partial charge in [0.1, 0.15) is 17.7 Å². The number of hydrogen-bond donors (Lipinski definition) is 1. The van der Waals surface area contributed by atoms with Crippen LogP contribution in [-0.2, 0) is 11.2 Å². The van der Waals surface area contributed by atoms with E-state index in [1.54, 1.807) is 13.8 Å². The van der Waals surface area contributed by atoms with Crippen molar-refractivity contribution in [2.75, 3.05) is 13.1 Å². The Labute approximate surface area is 146 Å². The third-order valence-electron chi connectivity index (χ3n) is 4.51. The molecule has 1 aliphatic heterocycles. The number of likely N-dealkylation sites (tertiary alicyclic amines) is 1. The highest BCUT2D eigenvalue weighted by Gasteiger charge is 2.25. The number of carbonyl (C=O) groups is 1. The van der Waals surface area contributed by atoms with Gasteiger partial charge in [0.15, 0.2) is 0 Å². The number of amides is 1. The molecule has 1 aromatic heterocycles. The van der Waals surface area contributed by atoms with Crippen molar-refractivity contribution in [3.8, 4) is 5.75 Å². The number of aromatic nitrogens is 2. The van der Waals surface area contributed by atoms with Gasteiger partial charge >= 0.3 is 0 Å². The molecule has 1 amide bonds. The SMILES string of the molecule is Cc1nc(C)c(CC(=O)N2CCC(Oc3ccccc3)CC2)c(=O)[nH]1. The van der Waals surface area contributed by atoms with Gasteiger partial charge < -0.3 is 14.6 Å². The fourth-order valence-electron chi connectivity index (χ4n) is 3.14. The molecule has 1 fully saturated rings. The summed E-state index contributed by atoms with van der Waals surface area (Å²) in [6.45, 7) is 4.79. The lowest BCUT2D eigenvalue weighted by molar-refractivity contribution is -0.132. The summed E-state index contributed by atoms with van der Waals surface area (Å²) in [5, 5.41) is 0. The lowest BCUT2D eigenvalue weighted by Crippen LogP contribution is -2.43. The van der Waals surface area contributed by atoms with E-state index < -0.39 is 0 Å². The van der Waals surface area contributed by atoms with Crippen LogP contribution >= 0.6 is 0 Å². The number of rotatable bonds is 4. The summed E-state index contributed by atoms with van der Waals surface area (Å²) in [4.78, 5) is 33.3. The number of piperidine rings is 1. The van der Waals surface area contributed by atoms with Crippen LogP contribution in [-0.4, -0.2) is 40.0 Å². The summed E-state index contributed by atoms with van der Waals surface area (Å²) in [5.74, 6) is 1.40. The number of para-hydroxylation sites is 1. The number of nitrogens with zero attached hydrogens (tertiary/aromatic N) is 2. The van der Waals surface area contributed by atoms with E-state index in [-0.39, 0.29) is 24.0 Å². The Morgan fingerprint density at radius 2 is 1.92 bits per heavy atom. The molecule has 1 aromatic carbocycles. The van der Waals surface area contributed by atoms with E-state index in [1.807, 2.05) is 35.2 Å². The highest BCUT2D eigenvalue weighted by Crippen LogP contribution is 2.19. The Balaban J connectivity index is 1.56. The number of hydrogen-bond acceptors (Lipinski definition) is 4. The molecule has 0 unspecified atom stereocenters. The van der Waals surface area contributed by atoms with Gasteiger partial charge in [0.05, 0.1) is 6.42 Å². The molecular formula is C19H23N3O3. The van der Waals surface area contributed by atoms with Crippen molar-refractivity contribution in [1.82, 2.24) is 14.9 Å². The zero-order valence-electron chi connectivity index (χ0n) is 14.6. The zero-order chi connectivity index (χ0) is 17.8. The van der Waals surface area contributed by atoms with Crippen LogP contribution in [0.15, 0.2) is 35.1 Å². The van der Waals surface area contributed by atoms with E-state index in [0.717, 1.165) is 18.6 Å². The van der Waals surface area contributed by atoms with Crippen LogP contribution in [0.1, 0.15) is 29.9 Å². The molecule has 0 aliphatic carbocycles. The molecular weight excluding hydrogens is 318 g/mol. The minimum atomic E-state index is -0.222. The lowest BCUT2D eigenvalue weighted by atomic mass is 10.1. The predicted octanol–water partition coefficient (Wildman–Crippen LogP) is 2.00. The van der Waals surface area contributed by atoms with Gasteiger partial charge in [-0.05, 0) is 26.0 Å². The summed E-state index contributed by atoms with van der Waals surface area (Å²) in [6.07, 6.45) is 1.81. The van der Waals surface area contributed by atoms with Crippen LogP contribution in [0.25, 0.3) is 0 Å². The molecule has 132 valence electrons. The molecule has 1 N–H and O–H groups in total. The zero-order valence-corrected chi connectivity index (χ0v) is 14.6. The van der Waals surface area contributed by atoms with Gasteiger partial charge in [-0.3, -0.25) is 9.59 Å². The molecule has 3 rings (SSSR count). The standard InChI is InChI=1S/C19H23N3O3/c1-13-17(19(24)21-14(2)20-13)12-18(23)22-10-8-16(9-11-22)25-15-6-4-3-5-7-15/h3-7,16H,8-12H2,1-2H3,(H,20,21,24). The molecule has 0 radical (unpaired) electrons. The van der Waals surface area contributed by atoms with Crippen molar-refractivity contribution in [3.05, 3.63) is 57.8 Å². The smallest absolute Gasteiger partial charge is 0.254 e. The predicted molar refractivity (Wildman–Crippen MR) is 94.7 cm³/mol. The number of benzene rings is 1. The van der Waals surface area contributed by atoms with Crippen molar-refractivity contribution >= 4 is 5.91 Å². The van der Waals surface area contributed by atoms with Gasteiger partial charge in [-0.2, -0.15) is 0 Å². The van der Waals surface area contributed by atoms with Crippen LogP contribution in [0.3, 0.4) is 0 Å². The van der Waals surface area contributed by atoms with E-state index in [2.05, 4.69) is 9.97 Å². The summed E-state index contributed by atoms with van der Waals surface area (Å²) in [6, 6.07) is 9.73. The normalized spacial score (nSPS) is 15.2. The molecule has 0 atom stereocenters. The first-order chi connectivity index (χ1) is 12.0. The Bertz CT molecular complexity index is 793. The third-order valence-corrected chi connectivity index (χ3v) is 4.51. The van der Waals surface area contributed by atoms with E-state index >= 15 is 0 Å². The molecule has 1 saturated heterocycles. The largest absolute Gasteiger partial charge is 0.490 e. The third kappa shape index (κ3) is 4.26. The first-order valence-electron chi connectivity index (χ1n) is 8.59. The van der Waals surface area contributed by atoms with Gasteiger partial charge in [0.2, 0.25) is 5.91 Å². The Morgan fingerprint density at radius 3 is 2.56 bits per heavy atom. The van der Waals surface area contributed by atoms with Crippen molar-refractivity contribution in [2.45, 2.75) is 39.2 Å². The summed E-state index contributed by atoms with van der Waals surface area (Å²) in [7, 11) is 0. The first kappa shape index (κ1) is 17.2. The summed E-state index contributed by atoms with van der Waals surface area (Å²) >= 11 is 0. The van der Waals surface area contributed by atoms with Crippen LogP contribution in [0.5, 0.6) is 5.75 Å². The Hall–Kier alpha value is -2.63. The first-order valence-corrected chi connectivity index (χ1v) is 8.59. The van der Waals surface area contributed by atoms with Crippen molar-refractivity contribution < 1.29 is 9.53 Å². The molecule has 2 heterocycles. The van der Waals surface area contributed by atoms with E-state index in [1.165, 1.54) is 0 Å². The Kier molecular flexibility index (Phi) is 5.16. The van der Waals surface area contributed by atoms with Crippen LogP contribution in [0.2, 0.25) is 0 Å². The fraction of sp³-hybridized carbons (Fsp3) is 0.421. The van der Waals surface area contributed by atoms with Crippen LogP contribution in [0.4, 0.5) is 0 Å². The number of nitrogens with one attached hydrogen (secondary N) is 1.